The number of anilines is 1. The van der Waals surface area contributed by atoms with E-state index in [0.29, 0.717) is 12.0 Å². The van der Waals surface area contributed by atoms with Crippen LogP contribution >= 0.6 is 0 Å². The van der Waals surface area contributed by atoms with Crippen molar-refractivity contribution in [3.05, 3.63) is 47.3 Å². The fraction of sp³-hybridized carbons (Fsp3) is 0.474. The van der Waals surface area contributed by atoms with Crippen LogP contribution in [-0.4, -0.2) is 15.7 Å². The van der Waals surface area contributed by atoms with Gasteiger partial charge >= 0.3 is 6.18 Å². The van der Waals surface area contributed by atoms with E-state index in [1.807, 2.05) is 0 Å². The molecule has 152 valence electrons. The highest BCUT2D eigenvalue weighted by molar-refractivity contribution is 6.04. The van der Waals surface area contributed by atoms with Gasteiger partial charge in [0.15, 0.2) is 5.69 Å². The molecule has 0 spiro atoms. The van der Waals surface area contributed by atoms with Crippen molar-refractivity contribution in [3.63, 3.8) is 0 Å². The van der Waals surface area contributed by atoms with Gasteiger partial charge in [0.1, 0.15) is 0 Å². The van der Waals surface area contributed by atoms with Gasteiger partial charge in [-0.15, -0.1) is 0 Å². The summed E-state index contributed by atoms with van der Waals surface area (Å²) in [5.41, 5.74) is -2.02. The molecular weight excluding hydrogens is 381 g/mol. The van der Waals surface area contributed by atoms with Crippen molar-refractivity contribution in [2.45, 2.75) is 51.3 Å². The quantitative estimate of drug-likeness (QED) is 0.654. The zero-order chi connectivity index (χ0) is 20.5. The molecule has 1 aromatic heterocycles. The van der Waals surface area contributed by atoms with E-state index in [0.717, 1.165) is 37.8 Å². The van der Waals surface area contributed by atoms with Gasteiger partial charge in [0.2, 0.25) is 0 Å². The molecule has 0 saturated heterocycles. The predicted molar refractivity (Wildman–Crippen MR) is 93.3 cm³/mol. The van der Waals surface area contributed by atoms with Crippen molar-refractivity contribution in [2.24, 2.45) is 5.92 Å². The summed E-state index contributed by atoms with van der Waals surface area (Å²) < 4.78 is 66.6. The number of rotatable bonds is 4. The third-order valence-corrected chi connectivity index (χ3v) is 5.03. The number of benzene rings is 1. The Labute approximate surface area is 158 Å². The molecule has 0 aliphatic heterocycles. The van der Waals surface area contributed by atoms with Gasteiger partial charge in [-0.3, -0.25) is 9.48 Å². The summed E-state index contributed by atoms with van der Waals surface area (Å²) in [6.07, 6.45) is -2.67. The average molecular weight is 401 g/mol. The number of hydrogen-bond donors (Lipinski definition) is 1. The Morgan fingerprint density at radius 1 is 1.21 bits per heavy atom. The molecular formula is C19H20F5N3O. The molecule has 1 saturated carbocycles. The van der Waals surface area contributed by atoms with Gasteiger partial charge in [0.25, 0.3) is 12.3 Å². The number of nitrogens with zero attached hydrogens (tertiary/aromatic N) is 2. The number of amides is 1. The highest BCUT2D eigenvalue weighted by Gasteiger charge is 2.31. The van der Waals surface area contributed by atoms with Crippen LogP contribution in [0.1, 0.15) is 66.7 Å². The number of carbonyl (C=O) groups excluding carboxylic acids is 1. The Morgan fingerprint density at radius 2 is 1.89 bits per heavy atom. The summed E-state index contributed by atoms with van der Waals surface area (Å²) >= 11 is 0. The highest BCUT2D eigenvalue weighted by Crippen LogP contribution is 2.35. The van der Waals surface area contributed by atoms with Crippen molar-refractivity contribution in [1.29, 1.82) is 0 Å². The maximum absolute atomic E-state index is 13.4. The Kier molecular flexibility index (Phi) is 5.71. The molecule has 9 heteroatoms. The van der Waals surface area contributed by atoms with Gasteiger partial charge in [-0.05, 0) is 49.8 Å². The van der Waals surface area contributed by atoms with Crippen LogP contribution in [0.15, 0.2) is 30.5 Å². The zero-order valence-electron chi connectivity index (χ0n) is 15.1. The molecule has 1 amide bonds. The third-order valence-electron chi connectivity index (χ3n) is 5.03. The molecule has 0 unspecified atom stereocenters. The number of halogens is 5. The predicted octanol–water partition coefficient (Wildman–Crippen LogP) is 5.84. The maximum Gasteiger partial charge on any atom is 0.416 e. The molecule has 28 heavy (non-hydrogen) atoms. The van der Waals surface area contributed by atoms with Gasteiger partial charge in [-0.2, -0.15) is 18.3 Å². The SMILES string of the molecule is C[C@H]1CC[C@H](n2cc(NC(=O)c3cccc(C(F)(F)F)c3)c(C(F)F)n2)CC1. The summed E-state index contributed by atoms with van der Waals surface area (Å²) in [6.45, 7) is 2.13. The number of aromatic nitrogens is 2. The van der Waals surface area contributed by atoms with Crippen LogP contribution in [0.5, 0.6) is 0 Å². The second-order valence-electron chi connectivity index (χ2n) is 7.16. The molecule has 1 N–H and O–H groups in total. The molecule has 0 bridgehead atoms. The van der Waals surface area contributed by atoms with Gasteiger partial charge < -0.3 is 5.32 Å². The van der Waals surface area contributed by atoms with Crippen molar-refractivity contribution in [1.82, 2.24) is 9.78 Å². The van der Waals surface area contributed by atoms with Gasteiger partial charge in [0, 0.05) is 11.8 Å². The van der Waals surface area contributed by atoms with Crippen LogP contribution in [0.25, 0.3) is 0 Å². The second kappa shape index (κ2) is 7.89. The minimum atomic E-state index is -4.60. The summed E-state index contributed by atoms with van der Waals surface area (Å²) in [7, 11) is 0. The standard InChI is InChI=1S/C19H20F5N3O/c1-11-5-7-14(8-6-11)27-10-15(16(26-27)17(20)21)25-18(28)12-3-2-4-13(9-12)19(22,23)24/h2-4,9-11,14,17H,5-8H2,1H3,(H,25,28)/t11-,14-. The van der Waals surface area contributed by atoms with Crippen LogP contribution in [0.4, 0.5) is 27.6 Å². The molecule has 1 fully saturated rings. The van der Waals surface area contributed by atoms with Crippen molar-refractivity contribution in [2.75, 3.05) is 5.32 Å². The molecule has 3 rings (SSSR count). The van der Waals surface area contributed by atoms with Crippen LogP contribution in [-0.2, 0) is 6.18 Å². The number of alkyl halides is 5. The fourth-order valence-corrected chi connectivity index (χ4v) is 3.39. The minimum Gasteiger partial charge on any atom is -0.319 e. The zero-order valence-corrected chi connectivity index (χ0v) is 15.1. The first-order valence-corrected chi connectivity index (χ1v) is 9.01. The Balaban J connectivity index is 1.82. The molecule has 4 nitrogen and oxygen atoms in total. The van der Waals surface area contributed by atoms with E-state index in [1.54, 1.807) is 0 Å². The van der Waals surface area contributed by atoms with E-state index in [4.69, 9.17) is 0 Å². The highest BCUT2D eigenvalue weighted by atomic mass is 19.4. The Bertz CT molecular complexity index is 838. The number of nitrogens with one attached hydrogen (secondary N) is 1. The topological polar surface area (TPSA) is 46.9 Å². The summed E-state index contributed by atoms with van der Waals surface area (Å²) in [5.74, 6) is -0.328. The smallest absolute Gasteiger partial charge is 0.319 e. The largest absolute Gasteiger partial charge is 0.416 e. The molecule has 2 aromatic rings. The van der Waals surface area contributed by atoms with Crippen molar-refractivity contribution < 1.29 is 26.7 Å². The normalized spacial score (nSPS) is 20.4. The summed E-state index contributed by atoms with van der Waals surface area (Å²) in [5, 5.41) is 6.22. The summed E-state index contributed by atoms with van der Waals surface area (Å²) in [6, 6.07) is 3.78. The van der Waals surface area contributed by atoms with Crippen LogP contribution in [0, 0.1) is 5.92 Å². The van der Waals surface area contributed by atoms with Gasteiger partial charge in [-0.25, -0.2) is 8.78 Å². The first-order valence-electron chi connectivity index (χ1n) is 9.01. The Morgan fingerprint density at radius 3 is 2.50 bits per heavy atom. The molecule has 0 radical (unpaired) electrons. The maximum atomic E-state index is 13.4. The molecule has 1 aliphatic carbocycles. The first kappa shape index (κ1) is 20.3. The fourth-order valence-electron chi connectivity index (χ4n) is 3.39. The van der Waals surface area contributed by atoms with Gasteiger partial charge in [-0.1, -0.05) is 13.0 Å². The minimum absolute atomic E-state index is 0.0343. The van der Waals surface area contributed by atoms with E-state index < -0.39 is 29.8 Å². The number of carbonyl (C=O) groups is 1. The lowest BCUT2D eigenvalue weighted by atomic mass is 9.87. The third kappa shape index (κ3) is 4.51. The summed E-state index contributed by atoms with van der Waals surface area (Å²) in [4.78, 5) is 12.3. The van der Waals surface area contributed by atoms with Crippen LogP contribution < -0.4 is 5.32 Å². The van der Waals surface area contributed by atoms with Crippen LogP contribution in [0.3, 0.4) is 0 Å². The van der Waals surface area contributed by atoms with E-state index in [-0.39, 0.29) is 17.3 Å². The lowest BCUT2D eigenvalue weighted by molar-refractivity contribution is -0.137. The molecule has 1 aliphatic rings. The van der Waals surface area contributed by atoms with Crippen molar-refractivity contribution >= 4 is 11.6 Å². The van der Waals surface area contributed by atoms with E-state index in [1.165, 1.54) is 16.9 Å². The monoisotopic (exact) mass is 401 g/mol. The van der Waals surface area contributed by atoms with E-state index >= 15 is 0 Å². The molecule has 0 atom stereocenters. The lowest BCUT2D eigenvalue weighted by Crippen LogP contribution is -2.17. The van der Waals surface area contributed by atoms with E-state index in [2.05, 4.69) is 17.3 Å². The van der Waals surface area contributed by atoms with Crippen LogP contribution in [0.2, 0.25) is 0 Å². The van der Waals surface area contributed by atoms with Crippen molar-refractivity contribution in [3.8, 4) is 0 Å². The first-order chi connectivity index (χ1) is 13.1. The molecule has 1 aromatic carbocycles. The molecule has 1 heterocycles. The second-order valence-corrected chi connectivity index (χ2v) is 7.16. The van der Waals surface area contributed by atoms with Gasteiger partial charge in [0.05, 0.1) is 17.3 Å². The Hall–Kier alpha value is -2.45. The number of hydrogen-bond acceptors (Lipinski definition) is 2. The lowest BCUT2D eigenvalue weighted by Gasteiger charge is -2.26. The average Bonchev–Trinajstić information content (AvgIpc) is 3.06. The van der Waals surface area contributed by atoms with E-state index in [9.17, 15) is 26.7 Å².